The number of piperidine rings is 1. The number of benzene rings is 1. The van der Waals surface area contributed by atoms with Gasteiger partial charge in [0, 0.05) is 44.3 Å². The molecule has 0 bridgehead atoms. The molecule has 1 aliphatic rings. The van der Waals surface area contributed by atoms with Gasteiger partial charge in [-0.25, -0.2) is 13.1 Å². The highest BCUT2D eigenvalue weighted by Crippen LogP contribution is 2.18. The lowest BCUT2D eigenvalue weighted by Crippen LogP contribution is -2.49. The first-order valence-corrected chi connectivity index (χ1v) is 11.8. The number of aliphatic imine (C=N–C) groups is 1. The Hall–Kier alpha value is -1.64. The fraction of sp³-hybridized carbons (Fsp3) is 0.667. The van der Waals surface area contributed by atoms with Gasteiger partial charge >= 0.3 is 0 Å². The van der Waals surface area contributed by atoms with Crippen LogP contribution in [0.1, 0.15) is 53.0 Å². The van der Waals surface area contributed by atoms with Crippen LogP contribution in [-0.4, -0.2) is 57.0 Å². The smallest absolute Gasteiger partial charge is 0.241 e. The van der Waals surface area contributed by atoms with E-state index in [0.717, 1.165) is 25.9 Å². The van der Waals surface area contributed by atoms with Gasteiger partial charge in [0.2, 0.25) is 10.0 Å². The van der Waals surface area contributed by atoms with Gasteiger partial charge in [0.15, 0.2) is 5.96 Å². The van der Waals surface area contributed by atoms with Gasteiger partial charge in [-0.15, -0.1) is 0 Å². The summed E-state index contributed by atoms with van der Waals surface area (Å²) in [5, 5.41) is 6.75. The molecular formula is C21H37N5O2S. The van der Waals surface area contributed by atoms with Gasteiger partial charge in [-0.05, 0) is 59.1 Å². The van der Waals surface area contributed by atoms with Crippen molar-refractivity contribution in [3.8, 4) is 0 Å². The number of likely N-dealkylation sites (tertiary alicyclic amines) is 1. The molecule has 0 aliphatic carbocycles. The Labute approximate surface area is 176 Å². The zero-order valence-electron chi connectivity index (χ0n) is 18.6. The third-order valence-corrected chi connectivity index (χ3v) is 6.83. The Balaban J connectivity index is 2.00. The normalized spacial score (nSPS) is 17.6. The number of guanidine groups is 1. The van der Waals surface area contributed by atoms with Crippen molar-refractivity contribution in [2.24, 2.45) is 4.99 Å². The van der Waals surface area contributed by atoms with Gasteiger partial charge in [0.25, 0.3) is 0 Å². The Kier molecular flexibility index (Phi) is 8.08. The summed E-state index contributed by atoms with van der Waals surface area (Å²) in [6, 6.07) is 8.02. The van der Waals surface area contributed by atoms with Crippen LogP contribution in [0.4, 0.5) is 0 Å². The molecule has 1 saturated heterocycles. The second-order valence-corrected chi connectivity index (χ2v) is 10.6. The number of rotatable bonds is 6. The maximum atomic E-state index is 12.8. The third kappa shape index (κ3) is 7.28. The first-order chi connectivity index (χ1) is 13.5. The Morgan fingerprint density at radius 1 is 1.21 bits per heavy atom. The molecule has 0 spiro atoms. The van der Waals surface area contributed by atoms with Gasteiger partial charge in [0.05, 0.1) is 4.90 Å². The summed E-state index contributed by atoms with van der Waals surface area (Å²) in [5.41, 5.74) is 0.170. The number of hydrogen-bond donors (Lipinski definition) is 3. The minimum atomic E-state index is -3.60. The molecule has 1 fully saturated rings. The third-order valence-electron chi connectivity index (χ3n) is 4.97. The average Bonchev–Trinajstić information content (AvgIpc) is 2.63. The largest absolute Gasteiger partial charge is 0.354 e. The van der Waals surface area contributed by atoms with E-state index in [0.29, 0.717) is 35.0 Å². The van der Waals surface area contributed by atoms with Crippen LogP contribution in [-0.2, 0) is 16.6 Å². The van der Waals surface area contributed by atoms with Crippen LogP contribution in [0, 0.1) is 0 Å². The van der Waals surface area contributed by atoms with Crippen molar-refractivity contribution >= 4 is 16.0 Å². The monoisotopic (exact) mass is 423 g/mol. The molecule has 0 saturated carbocycles. The zero-order chi connectivity index (χ0) is 21.7. The molecule has 1 heterocycles. The minimum Gasteiger partial charge on any atom is -0.354 e. The van der Waals surface area contributed by atoms with Crippen molar-refractivity contribution in [1.29, 1.82) is 0 Å². The van der Waals surface area contributed by atoms with E-state index in [1.807, 2.05) is 32.9 Å². The number of nitrogens with zero attached hydrogens (tertiary/aromatic N) is 2. The molecule has 7 nitrogen and oxygen atoms in total. The van der Waals surface area contributed by atoms with Gasteiger partial charge in [-0.3, -0.25) is 4.99 Å². The van der Waals surface area contributed by atoms with Crippen molar-refractivity contribution < 1.29 is 8.42 Å². The van der Waals surface area contributed by atoms with Crippen LogP contribution in [0.15, 0.2) is 34.2 Å². The summed E-state index contributed by atoms with van der Waals surface area (Å²) in [6.07, 6.45) is 2.14. The van der Waals surface area contributed by atoms with Crippen molar-refractivity contribution in [2.45, 2.75) is 76.5 Å². The Bertz CT molecular complexity index is 792. The molecule has 29 heavy (non-hydrogen) atoms. The molecule has 1 aromatic rings. The average molecular weight is 424 g/mol. The first-order valence-electron chi connectivity index (χ1n) is 10.3. The topological polar surface area (TPSA) is 85.8 Å². The van der Waals surface area contributed by atoms with E-state index in [1.165, 1.54) is 0 Å². The van der Waals surface area contributed by atoms with E-state index in [4.69, 9.17) is 0 Å². The minimum absolute atomic E-state index is 0.295. The van der Waals surface area contributed by atoms with Gasteiger partial charge in [0.1, 0.15) is 0 Å². The molecule has 0 unspecified atom stereocenters. The molecule has 0 amide bonds. The van der Waals surface area contributed by atoms with Crippen molar-refractivity contribution in [2.75, 3.05) is 20.1 Å². The van der Waals surface area contributed by atoms with Gasteiger partial charge in [-0.2, -0.15) is 0 Å². The van der Waals surface area contributed by atoms with Gasteiger partial charge < -0.3 is 15.5 Å². The molecule has 0 atom stereocenters. The van der Waals surface area contributed by atoms with E-state index in [9.17, 15) is 8.42 Å². The lowest BCUT2D eigenvalue weighted by Gasteiger charge is -2.35. The number of hydrogen-bond acceptors (Lipinski definition) is 4. The summed E-state index contributed by atoms with van der Waals surface area (Å²) in [7, 11) is -1.86. The van der Waals surface area contributed by atoms with Crippen LogP contribution in [0.2, 0.25) is 0 Å². The zero-order valence-corrected chi connectivity index (χ0v) is 19.4. The SMILES string of the molecule is CN=C(NCc1ccccc1S(=O)(=O)NC(C)(C)C)NC1CCN(C(C)C)CC1. The van der Waals surface area contributed by atoms with Crippen LogP contribution in [0.25, 0.3) is 0 Å². The van der Waals surface area contributed by atoms with Crippen LogP contribution >= 0.6 is 0 Å². The highest BCUT2D eigenvalue weighted by Gasteiger charge is 2.25. The summed E-state index contributed by atoms with van der Waals surface area (Å²) in [6.45, 7) is 12.5. The standard InChI is InChI=1S/C21H37N5O2S/c1-16(2)26-13-11-18(12-14-26)24-20(22-6)23-15-17-9-7-8-10-19(17)29(27,28)25-21(3,4)5/h7-10,16,18,25H,11-15H2,1-6H3,(H2,22,23,24). The molecule has 164 valence electrons. The molecule has 0 radical (unpaired) electrons. The van der Waals surface area contributed by atoms with E-state index in [1.54, 1.807) is 19.2 Å². The quantitative estimate of drug-likeness (QED) is 0.483. The number of sulfonamides is 1. The fourth-order valence-corrected chi connectivity index (χ4v) is 5.16. The first kappa shape index (κ1) is 23.6. The van der Waals surface area contributed by atoms with Gasteiger partial charge in [-0.1, -0.05) is 18.2 Å². The lowest BCUT2D eigenvalue weighted by atomic mass is 10.0. The Morgan fingerprint density at radius 2 is 1.83 bits per heavy atom. The summed E-state index contributed by atoms with van der Waals surface area (Å²) in [4.78, 5) is 7.10. The highest BCUT2D eigenvalue weighted by molar-refractivity contribution is 7.89. The predicted molar refractivity (Wildman–Crippen MR) is 120 cm³/mol. The molecule has 1 aromatic carbocycles. The molecular weight excluding hydrogens is 386 g/mol. The molecule has 3 N–H and O–H groups in total. The van der Waals surface area contributed by atoms with Crippen molar-refractivity contribution in [3.63, 3.8) is 0 Å². The Morgan fingerprint density at radius 3 is 2.38 bits per heavy atom. The number of nitrogens with one attached hydrogen (secondary N) is 3. The van der Waals surface area contributed by atoms with E-state index >= 15 is 0 Å². The van der Waals surface area contributed by atoms with E-state index in [2.05, 4.69) is 39.1 Å². The summed E-state index contributed by atoms with van der Waals surface area (Å²) in [5.74, 6) is 0.698. The fourth-order valence-electron chi connectivity index (χ4n) is 3.50. The molecule has 8 heteroatoms. The predicted octanol–water partition coefficient (Wildman–Crippen LogP) is 2.30. The van der Waals surface area contributed by atoms with Crippen LogP contribution < -0.4 is 15.4 Å². The van der Waals surface area contributed by atoms with Crippen molar-refractivity contribution in [1.82, 2.24) is 20.3 Å². The second kappa shape index (κ2) is 9.91. The van der Waals surface area contributed by atoms with Crippen LogP contribution in [0.5, 0.6) is 0 Å². The van der Waals surface area contributed by atoms with E-state index in [-0.39, 0.29) is 0 Å². The maximum absolute atomic E-state index is 12.8. The van der Waals surface area contributed by atoms with Crippen LogP contribution in [0.3, 0.4) is 0 Å². The lowest BCUT2D eigenvalue weighted by molar-refractivity contribution is 0.167. The maximum Gasteiger partial charge on any atom is 0.241 e. The van der Waals surface area contributed by atoms with Crippen molar-refractivity contribution in [3.05, 3.63) is 29.8 Å². The highest BCUT2D eigenvalue weighted by atomic mass is 32.2. The molecule has 1 aliphatic heterocycles. The second-order valence-electron chi connectivity index (χ2n) is 8.94. The molecule has 2 rings (SSSR count). The summed E-state index contributed by atoms with van der Waals surface area (Å²) >= 11 is 0. The summed E-state index contributed by atoms with van der Waals surface area (Å²) < 4.78 is 28.3. The van der Waals surface area contributed by atoms with E-state index < -0.39 is 15.6 Å². The molecule has 0 aromatic heterocycles.